The Hall–Kier alpha value is -1.64. The summed E-state index contributed by atoms with van der Waals surface area (Å²) in [5.41, 5.74) is 3.92. The Morgan fingerprint density at radius 2 is 1.79 bits per heavy atom. The van der Waals surface area contributed by atoms with E-state index in [-0.39, 0.29) is 22.2 Å². The maximum Gasteiger partial charge on any atom is 0.305 e. The Balaban J connectivity index is 1.88. The lowest BCUT2D eigenvalue weighted by Gasteiger charge is -2.57. The van der Waals surface area contributed by atoms with E-state index in [9.17, 15) is 9.59 Å². The monoisotopic (exact) mass is 468 g/mol. The highest BCUT2D eigenvalue weighted by Crippen LogP contribution is 2.62. The minimum atomic E-state index is -0.243. The van der Waals surface area contributed by atoms with E-state index in [1.54, 1.807) is 0 Å². The molecule has 0 aliphatic heterocycles. The molecule has 3 nitrogen and oxygen atoms in total. The molecule has 34 heavy (non-hydrogen) atoms. The SMILES string of the molecule is C=C(C)C1CC=C(C)C(CCC2C(=C)CCC3C(C)(C)C(=O)CCC23C)C1(C)CCC(=O)OC. The number of carbonyl (C=O) groups is 2. The molecule has 0 spiro atoms. The third kappa shape index (κ3) is 4.61. The van der Waals surface area contributed by atoms with Gasteiger partial charge in [0.05, 0.1) is 7.11 Å². The molecule has 2 saturated carbocycles. The van der Waals surface area contributed by atoms with Crippen molar-refractivity contribution in [2.45, 2.75) is 99.3 Å². The molecule has 0 saturated heterocycles. The fourth-order valence-electron chi connectivity index (χ4n) is 8.46. The van der Waals surface area contributed by atoms with Gasteiger partial charge in [-0.25, -0.2) is 0 Å². The summed E-state index contributed by atoms with van der Waals surface area (Å²) in [5.74, 6) is 1.96. The summed E-state index contributed by atoms with van der Waals surface area (Å²) in [6.45, 7) is 22.5. The Labute approximate surface area is 208 Å². The van der Waals surface area contributed by atoms with Crippen LogP contribution in [0, 0.1) is 39.9 Å². The van der Waals surface area contributed by atoms with Gasteiger partial charge in [-0.1, -0.05) is 63.6 Å². The summed E-state index contributed by atoms with van der Waals surface area (Å²) in [4.78, 5) is 24.9. The molecule has 2 fully saturated rings. The third-order valence-electron chi connectivity index (χ3n) is 10.6. The number of ketones is 1. The van der Waals surface area contributed by atoms with Crippen molar-refractivity contribution in [1.29, 1.82) is 0 Å². The number of hydrogen-bond acceptors (Lipinski definition) is 3. The van der Waals surface area contributed by atoms with E-state index in [1.165, 1.54) is 23.8 Å². The van der Waals surface area contributed by atoms with E-state index in [0.717, 1.165) is 44.9 Å². The molecule has 3 heteroatoms. The predicted molar refractivity (Wildman–Crippen MR) is 140 cm³/mol. The molecule has 0 amide bonds. The smallest absolute Gasteiger partial charge is 0.305 e. The quantitative estimate of drug-likeness (QED) is 0.282. The Bertz CT molecular complexity index is 877. The molecule has 0 N–H and O–H groups in total. The van der Waals surface area contributed by atoms with Crippen molar-refractivity contribution in [3.8, 4) is 0 Å². The highest BCUT2D eigenvalue weighted by molar-refractivity contribution is 5.85. The number of esters is 1. The summed E-state index contributed by atoms with van der Waals surface area (Å²) in [7, 11) is 1.48. The fraction of sp³-hybridized carbons (Fsp3) is 0.742. The van der Waals surface area contributed by atoms with Crippen molar-refractivity contribution in [1.82, 2.24) is 0 Å². The van der Waals surface area contributed by atoms with Gasteiger partial charge >= 0.3 is 5.97 Å². The van der Waals surface area contributed by atoms with Crippen LogP contribution in [-0.4, -0.2) is 18.9 Å². The Kier molecular flexibility index (Phi) is 7.76. The lowest BCUT2D eigenvalue weighted by Crippen LogP contribution is -2.53. The van der Waals surface area contributed by atoms with Crippen molar-refractivity contribution in [3.63, 3.8) is 0 Å². The second kappa shape index (κ2) is 9.78. The van der Waals surface area contributed by atoms with Gasteiger partial charge in [0.1, 0.15) is 5.78 Å². The number of hydrogen-bond donors (Lipinski definition) is 0. The van der Waals surface area contributed by atoms with Crippen molar-refractivity contribution in [2.24, 2.45) is 39.9 Å². The highest BCUT2D eigenvalue weighted by atomic mass is 16.5. The fourth-order valence-corrected chi connectivity index (χ4v) is 8.46. The van der Waals surface area contributed by atoms with Crippen LogP contribution in [0.4, 0.5) is 0 Å². The van der Waals surface area contributed by atoms with E-state index in [0.29, 0.717) is 42.3 Å². The van der Waals surface area contributed by atoms with Gasteiger partial charge in [0.15, 0.2) is 0 Å². The van der Waals surface area contributed by atoms with E-state index >= 15 is 0 Å². The van der Waals surface area contributed by atoms with Gasteiger partial charge in [0.25, 0.3) is 0 Å². The Morgan fingerprint density at radius 1 is 1.15 bits per heavy atom. The number of carbonyl (C=O) groups excluding carboxylic acids is 2. The van der Waals surface area contributed by atoms with Crippen molar-refractivity contribution >= 4 is 11.8 Å². The van der Waals surface area contributed by atoms with Crippen LogP contribution in [0.25, 0.3) is 0 Å². The predicted octanol–water partition coefficient (Wildman–Crippen LogP) is 7.86. The number of ether oxygens (including phenoxy) is 1. The molecule has 0 radical (unpaired) electrons. The third-order valence-corrected chi connectivity index (χ3v) is 10.6. The van der Waals surface area contributed by atoms with Crippen LogP contribution in [0.1, 0.15) is 99.3 Å². The number of fused-ring (bicyclic) bond motifs is 1. The zero-order valence-corrected chi connectivity index (χ0v) is 22.9. The second-order valence-corrected chi connectivity index (χ2v) is 12.7. The molecule has 0 aromatic rings. The number of Topliss-reactive ketones (excluding diaryl/α,β-unsaturated/α-hetero) is 1. The molecule has 6 unspecified atom stereocenters. The van der Waals surface area contributed by atoms with Crippen LogP contribution in [-0.2, 0) is 14.3 Å². The van der Waals surface area contributed by atoms with Gasteiger partial charge in [-0.15, -0.1) is 0 Å². The molecular weight excluding hydrogens is 420 g/mol. The van der Waals surface area contributed by atoms with Gasteiger partial charge < -0.3 is 4.74 Å². The zero-order chi connectivity index (χ0) is 25.5. The van der Waals surface area contributed by atoms with Crippen LogP contribution in [0.3, 0.4) is 0 Å². The maximum absolute atomic E-state index is 12.8. The molecular formula is C31H48O3. The van der Waals surface area contributed by atoms with E-state index in [1.807, 2.05) is 0 Å². The summed E-state index contributed by atoms with van der Waals surface area (Å²) in [6.07, 6.45) is 10.7. The molecule has 3 aliphatic carbocycles. The summed E-state index contributed by atoms with van der Waals surface area (Å²) < 4.78 is 5.00. The van der Waals surface area contributed by atoms with E-state index in [2.05, 4.69) is 60.8 Å². The van der Waals surface area contributed by atoms with Gasteiger partial charge in [0, 0.05) is 18.3 Å². The largest absolute Gasteiger partial charge is 0.469 e. The van der Waals surface area contributed by atoms with Crippen LogP contribution >= 0.6 is 0 Å². The van der Waals surface area contributed by atoms with Gasteiger partial charge in [-0.2, -0.15) is 0 Å². The first-order valence-corrected chi connectivity index (χ1v) is 13.4. The molecule has 0 aromatic carbocycles. The van der Waals surface area contributed by atoms with Crippen molar-refractivity contribution < 1.29 is 14.3 Å². The Morgan fingerprint density at radius 3 is 2.41 bits per heavy atom. The highest BCUT2D eigenvalue weighted by Gasteiger charge is 2.56. The van der Waals surface area contributed by atoms with Crippen molar-refractivity contribution in [2.75, 3.05) is 7.11 Å². The lowest BCUT2D eigenvalue weighted by molar-refractivity contribution is -0.145. The molecule has 0 bridgehead atoms. The van der Waals surface area contributed by atoms with E-state index in [4.69, 9.17) is 4.74 Å². The molecule has 3 rings (SSSR count). The maximum atomic E-state index is 12.8. The van der Waals surface area contributed by atoms with Crippen LogP contribution in [0.15, 0.2) is 36.0 Å². The van der Waals surface area contributed by atoms with Crippen molar-refractivity contribution in [3.05, 3.63) is 36.0 Å². The first kappa shape index (κ1) is 27.0. The average Bonchev–Trinajstić information content (AvgIpc) is 2.76. The molecule has 3 aliphatic rings. The zero-order valence-electron chi connectivity index (χ0n) is 22.9. The lowest BCUT2D eigenvalue weighted by atomic mass is 9.46. The summed E-state index contributed by atoms with van der Waals surface area (Å²) in [5, 5.41) is 0. The number of rotatable bonds is 7. The standard InChI is InChI=1S/C31H48O3/c1-20(2)23-12-10-21(3)24(30(23,7)19-17-28(33)34-9)13-14-25-22(4)11-15-26-29(5,6)27(32)16-18-31(25,26)8/h10,23-26H,1,4,11-19H2,2-3,5-9H3. The van der Waals surface area contributed by atoms with E-state index < -0.39 is 0 Å². The molecule has 0 heterocycles. The minimum Gasteiger partial charge on any atom is -0.469 e. The normalized spacial score (nSPS) is 37.6. The van der Waals surface area contributed by atoms with Gasteiger partial charge in [-0.05, 0) is 93.3 Å². The first-order valence-electron chi connectivity index (χ1n) is 13.4. The topological polar surface area (TPSA) is 43.4 Å². The first-order chi connectivity index (χ1) is 15.8. The summed E-state index contributed by atoms with van der Waals surface area (Å²) in [6, 6.07) is 0. The van der Waals surface area contributed by atoms with Gasteiger partial charge in [-0.3, -0.25) is 9.59 Å². The average molecular weight is 469 g/mol. The van der Waals surface area contributed by atoms with Crippen LogP contribution in [0.5, 0.6) is 0 Å². The molecule has 0 aromatic heterocycles. The number of methoxy groups -OCH3 is 1. The van der Waals surface area contributed by atoms with Crippen LogP contribution < -0.4 is 0 Å². The van der Waals surface area contributed by atoms with Gasteiger partial charge in [0.2, 0.25) is 0 Å². The molecule has 190 valence electrons. The second-order valence-electron chi connectivity index (χ2n) is 12.7. The molecule has 6 atom stereocenters. The summed E-state index contributed by atoms with van der Waals surface area (Å²) >= 11 is 0. The number of allylic oxidation sites excluding steroid dienone is 4. The van der Waals surface area contributed by atoms with Crippen LogP contribution in [0.2, 0.25) is 0 Å². The minimum absolute atomic E-state index is 0.0169.